The summed E-state index contributed by atoms with van der Waals surface area (Å²) in [6.45, 7) is 3.44. The standard InChI is InChI=1S/C27H30N4O5/c32-25(30-12-10-29(11-13-30)20-4-2-1-3-5-20)19-7-8-21-22(15-19)28-27(34)31(26(21)33)16-18-6-9-23-24(14-18)36-17-35-23/h6-9,14-15,20H,1-5,10-13,16-17H2,(H,28,34). The zero-order chi connectivity index (χ0) is 24.6. The molecule has 1 aromatic heterocycles. The normalized spacial score (nSPS) is 18.6. The molecule has 0 radical (unpaired) electrons. The van der Waals surface area contributed by atoms with Crippen LogP contribution < -0.4 is 20.7 Å². The Labute approximate surface area is 208 Å². The number of carbonyl (C=O) groups excluding carboxylic acids is 1. The fourth-order valence-corrected chi connectivity index (χ4v) is 5.67. The Balaban J connectivity index is 1.19. The van der Waals surface area contributed by atoms with Gasteiger partial charge in [-0.15, -0.1) is 0 Å². The highest BCUT2D eigenvalue weighted by Gasteiger charge is 2.27. The zero-order valence-electron chi connectivity index (χ0n) is 20.2. The van der Waals surface area contributed by atoms with E-state index < -0.39 is 11.2 Å². The molecule has 188 valence electrons. The van der Waals surface area contributed by atoms with Crippen molar-refractivity contribution >= 4 is 16.8 Å². The van der Waals surface area contributed by atoms with Crippen molar-refractivity contribution in [1.82, 2.24) is 19.4 Å². The van der Waals surface area contributed by atoms with E-state index >= 15 is 0 Å². The van der Waals surface area contributed by atoms with Crippen LogP contribution in [0.3, 0.4) is 0 Å². The molecule has 0 atom stereocenters. The third kappa shape index (κ3) is 4.28. The second-order valence-electron chi connectivity index (χ2n) is 9.89. The summed E-state index contributed by atoms with van der Waals surface area (Å²) >= 11 is 0. The largest absolute Gasteiger partial charge is 0.454 e. The second-order valence-corrected chi connectivity index (χ2v) is 9.89. The molecule has 2 aromatic carbocycles. The number of aromatic nitrogens is 2. The van der Waals surface area contributed by atoms with Crippen molar-refractivity contribution in [3.8, 4) is 11.5 Å². The van der Waals surface area contributed by atoms with Gasteiger partial charge >= 0.3 is 5.69 Å². The lowest BCUT2D eigenvalue weighted by Crippen LogP contribution is -2.52. The molecule has 1 saturated carbocycles. The van der Waals surface area contributed by atoms with Crippen molar-refractivity contribution in [2.24, 2.45) is 0 Å². The predicted octanol–water partition coefficient (Wildman–Crippen LogP) is 2.56. The maximum atomic E-state index is 13.2. The molecule has 2 fully saturated rings. The van der Waals surface area contributed by atoms with E-state index in [4.69, 9.17) is 9.47 Å². The van der Waals surface area contributed by atoms with Crippen LogP contribution in [0.5, 0.6) is 11.5 Å². The summed E-state index contributed by atoms with van der Waals surface area (Å²) in [6.07, 6.45) is 6.47. The number of aromatic amines is 1. The number of nitrogens with zero attached hydrogens (tertiary/aromatic N) is 3. The molecular formula is C27H30N4O5. The molecule has 3 aliphatic rings. The first-order valence-corrected chi connectivity index (χ1v) is 12.8. The highest BCUT2D eigenvalue weighted by molar-refractivity contribution is 5.97. The summed E-state index contributed by atoms with van der Waals surface area (Å²) in [7, 11) is 0. The molecule has 1 amide bonds. The van der Waals surface area contributed by atoms with Crippen molar-refractivity contribution in [3.63, 3.8) is 0 Å². The molecule has 2 aliphatic heterocycles. The molecule has 9 heteroatoms. The van der Waals surface area contributed by atoms with Crippen LogP contribution in [0.15, 0.2) is 46.0 Å². The molecular weight excluding hydrogens is 460 g/mol. The summed E-state index contributed by atoms with van der Waals surface area (Å²) in [5, 5.41) is 0.369. The summed E-state index contributed by atoms with van der Waals surface area (Å²) in [5.74, 6) is 1.18. The minimum atomic E-state index is -0.518. The van der Waals surface area contributed by atoms with Crippen LogP contribution in [-0.4, -0.2) is 64.3 Å². The number of nitrogens with one attached hydrogen (secondary N) is 1. The van der Waals surface area contributed by atoms with E-state index in [1.54, 1.807) is 36.4 Å². The van der Waals surface area contributed by atoms with E-state index in [0.29, 0.717) is 47.1 Å². The summed E-state index contributed by atoms with van der Waals surface area (Å²) in [5.41, 5.74) is 0.698. The Hall–Kier alpha value is -3.59. The molecule has 0 unspecified atom stereocenters. The van der Waals surface area contributed by atoms with E-state index in [1.165, 1.54) is 32.1 Å². The first kappa shape index (κ1) is 22.8. The summed E-state index contributed by atoms with van der Waals surface area (Å²) < 4.78 is 11.9. The number of carbonyl (C=O) groups is 1. The van der Waals surface area contributed by atoms with E-state index in [2.05, 4.69) is 9.88 Å². The van der Waals surface area contributed by atoms with E-state index in [0.717, 1.165) is 23.2 Å². The number of rotatable bonds is 4. The number of piperazine rings is 1. The van der Waals surface area contributed by atoms with Crippen LogP contribution in [0.2, 0.25) is 0 Å². The molecule has 3 heterocycles. The van der Waals surface area contributed by atoms with Gasteiger partial charge in [0.15, 0.2) is 11.5 Å². The summed E-state index contributed by atoms with van der Waals surface area (Å²) in [4.78, 5) is 46.4. The van der Waals surface area contributed by atoms with Crippen molar-refractivity contribution in [2.45, 2.75) is 44.7 Å². The number of fused-ring (bicyclic) bond motifs is 2. The topological polar surface area (TPSA) is 96.9 Å². The lowest BCUT2D eigenvalue weighted by Gasteiger charge is -2.40. The number of H-pyrrole nitrogens is 1. The number of hydrogen-bond donors (Lipinski definition) is 1. The molecule has 0 bridgehead atoms. The van der Waals surface area contributed by atoms with Crippen LogP contribution in [0, 0.1) is 0 Å². The van der Waals surface area contributed by atoms with Gasteiger partial charge in [-0.3, -0.25) is 19.1 Å². The molecule has 36 heavy (non-hydrogen) atoms. The van der Waals surface area contributed by atoms with Crippen LogP contribution >= 0.6 is 0 Å². The Morgan fingerprint density at radius 2 is 1.69 bits per heavy atom. The lowest BCUT2D eigenvalue weighted by molar-refractivity contribution is 0.0523. The fraction of sp³-hybridized carbons (Fsp3) is 0.444. The van der Waals surface area contributed by atoms with Crippen molar-refractivity contribution < 1.29 is 14.3 Å². The Bertz CT molecular complexity index is 1410. The average molecular weight is 491 g/mol. The Kier molecular flexibility index (Phi) is 6.00. The quantitative estimate of drug-likeness (QED) is 0.604. The van der Waals surface area contributed by atoms with Crippen molar-refractivity contribution in [1.29, 1.82) is 0 Å². The maximum Gasteiger partial charge on any atom is 0.329 e. The van der Waals surface area contributed by atoms with Gasteiger partial charge in [-0.1, -0.05) is 25.3 Å². The fourth-order valence-electron chi connectivity index (χ4n) is 5.67. The highest BCUT2D eigenvalue weighted by atomic mass is 16.7. The second kappa shape index (κ2) is 9.46. The summed E-state index contributed by atoms with van der Waals surface area (Å²) in [6, 6.07) is 10.9. The SMILES string of the molecule is O=C(c1ccc2c(=O)n(Cc3ccc4c(c3)OCO4)c(=O)[nH]c2c1)N1CCN(C2CCCCC2)CC1. The molecule has 0 spiro atoms. The first-order valence-electron chi connectivity index (χ1n) is 12.8. The molecule has 6 rings (SSSR count). The highest BCUT2D eigenvalue weighted by Crippen LogP contribution is 2.32. The third-order valence-electron chi connectivity index (χ3n) is 7.70. The number of amides is 1. The first-order chi connectivity index (χ1) is 17.6. The molecule has 1 saturated heterocycles. The minimum Gasteiger partial charge on any atom is -0.454 e. The Morgan fingerprint density at radius 1 is 0.917 bits per heavy atom. The Morgan fingerprint density at radius 3 is 2.50 bits per heavy atom. The van der Waals surface area contributed by atoms with Gasteiger partial charge in [0.05, 0.1) is 17.4 Å². The molecule has 1 N–H and O–H groups in total. The van der Waals surface area contributed by atoms with Gasteiger partial charge in [-0.05, 0) is 48.7 Å². The number of hydrogen-bond acceptors (Lipinski definition) is 6. The number of benzene rings is 2. The zero-order valence-corrected chi connectivity index (χ0v) is 20.2. The van der Waals surface area contributed by atoms with E-state index in [1.807, 2.05) is 4.90 Å². The molecule has 9 nitrogen and oxygen atoms in total. The number of ether oxygens (including phenoxy) is 2. The van der Waals surface area contributed by atoms with Crippen LogP contribution in [0.4, 0.5) is 0 Å². The van der Waals surface area contributed by atoms with E-state index in [9.17, 15) is 14.4 Å². The van der Waals surface area contributed by atoms with Gasteiger partial charge < -0.3 is 19.4 Å². The lowest BCUT2D eigenvalue weighted by atomic mass is 9.94. The van der Waals surface area contributed by atoms with Gasteiger partial charge in [-0.2, -0.15) is 0 Å². The van der Waals surface area contributed by atoms with Gasteiger partial charge in [0.1, 0.15) is 0 Å². The van der Waals surface area contributed by atoms with Gasteiger partial charge in [0.2, 0.25) is 6.79 Å². The average Bonchev–Trinajstić information content (AvgIpc) is 3.39. The van der Waals surface area contributed by atoms with Gasteiger partial charge in [-0.25, -0.2) is 4.79 Å². The van der Waals surface area contributed by atoms with Crippen LogP contribution in [0.25, 0.3) is 10.9 Å². The minimum absolute atomic E-state index is 0.0643. The maximum absolute atomic E-state index is 13.2. The monoisotopic (exact) mass is 490 g/mol. The predicted molar refractivity (Wildman–Crippen MR) is 135 cm³/mol. The van der Waals surface area contributed by atoms with Crippen LogP contribution in [-0.2, 0) is 6.54 Å². The van der Waals surface area contributed by atoms with Crippen LogP contribution in [0.1, 0.15) is 48.0 Å². The van der Waals surface area contributed by atoms with E-state index in [-0.39, 0.29) is 19.2 Å². The van der Waals surface area contributed by atoms with Gasteiger partial charge in [0, 0.05) is 37.8 Å². The van der Waals surface area contributed by atoms with Crippen molar-refractivity contribution in [2.75, 3.05) is 33.0 Å². The smallest absolute Gasteiger partial charge is 0.329 e. The molecule has 1 aliphatic carbocycles. The third-order valence-corrected chi connectivity index (χ3v) is 7.70. The van der Waals surface area contributed by atoms with Gasteiger partial charge in [0.25, 0.3) is 11.5 Å². The molecule has 3 aromatic rings. The van der Waals surface area contributed by atoms with Crippen molar-refractivity contribution in [3.05, 3.63) is 68.4 Å².